The van der Waals surface area contributed by atoms with Gasteiger partial charge in [0.15, 0.2) is 0 Å². The largest absolute Gasteiger partial charge is 0.477 e. The SMILES string of the molecule is CCc1c(C(=O)O)[nH]c2ccc(F)c(Cl)c12. The summed E-state index contributed by atoms with van der Waals surface area (Å²) in [5.41, 5.74) is 1.15. The van der Waals surface area contributed by atoms with E-state index in [-0.39, 0.29) is 10.7 Å². The first-order valence-corrected chi connectivity index (χ1v) is 5.16. The number of aryl methyl sites for hydroxylation is 1. The standard InChI is InChI=1S/C11H9ClFNO2/c1-2-5-8-7(14-10(5)11(15)16)4-3-6(13)9(8)12/h3-4,14H,2H2,1H3,(H,15,16). The Kier molecular flexibility index (Phi) is 2.59. The Morgan fingerprint density at radius 3 is 2.81 bits per heavy atom. The Morgan fingerprint density at radius 1 is 1.56 bits per heavy atom. The molecular weight excluding hydrogens is 233 g/mol. The molecule has 5 heteroatoms. The molecule has 2 aromatic rings. The van der Waals surface area contributed by atoms with E-state index in [2.05, 4.69) is 4.98 Å². The van der Waals surface area contributed by atoms with Gasteiger partial charge in [-0.1, -0.05) is 18.5 Å². The smallest absolute Gasteiger partial charge is 0.352 e. The number of hydrogen-bond acceptors (Lipinski definition) is 1. The third kappa shape index (κ3) is 1.46. The molecule has 2 rings (SSSR count). The molecule has 1 aromatic carbocycles. The number of carboxylic acid groups (broad SMARTS) is 1. The van der Waals surface area contributed by atoms with Gasteiger partial charge in [0.05, 0.1) is 5.02 Å². The highest BCUT2D eigenvalue weighted by atomic mass is 35.5. The summed E-state index contributed by atoms with van der Waals surface area (Å²) in [5.74, 6) is -1.61. The number of carboxylic acids is 1. The monoisotopic (exact) mass is 241 g/mol. The van der Waals surface area contributed by atoms with Gasteiger partial charge in [0.1, 0.15) is 11.5 Å². The van der Waals surface area contributed by atoms with Crippen molar-refractivity contribution < 1.29 is 14.3 Å². The van der Waals surface area contributed by atoms with Crippen LogP contribution < -0.4 is 0 Å². The van der Waals surface area contributed by atoms with Gasteiger partial charge in [0, 0.05) is 10.9 Å². The Morgan fingerprint density at radius 2 is 2.25 bits per heavy atom. The fourth-order valence-corrected chi connectivity index (χ4v) is 2.10. The molecule has 0 unspecified atom stereocenters. The van der Waals surface area contributed by atoms with E-state index in [9.17, 15) is 9.18 Å². The zero-order valence-corrected chi connectivity index (χ0v) is 9.23. The van der Waals surface area contributed by atoms with Crippen molar-refractivity contribution in [3.63, 3.8) is 0 Å². The number of aromatic carboxylic acids is 1. The van der Waals surface area contributed by atoms with Gasteiger partial charge in [0.25, 0.3) is 0 Å². The highest BCUT2D eigenvalue weighted by Gasteiger charge is 2.19. The van der Waals surface area contributed by atoms with Gasteiger partial charge in [-0.25, -0.2) is 9.18 Å². The van der Waals surface area contributed by atoms with Crippen LogP contribution in [0.2, 0.25) is 5.02 Å². The maximum atomic E-state index is 13.3. The lowest BCUT2D eigenvalue weighted by Crippen LogP contribution is -2.00. The summed E-state index contributed by atoms with van der Waals surface area (Å²) >= 11 is 5.84. The van der Waals surface area contributed by atoms with Crippen molar-refractivity contribution in [2.24, 2.45) is 0 Å². The number of aromatic nitrogens is 1. The van der Waals surface area contributed by atoms with E-state index in [1.165, 1.54) is 12.1 Å². The second kappa shape index (κ2) is 3.79. The van der Waals surface area contributed by atoms with Crippen LogP contribution in [0, 0.1) is 5.82 Å². The third-order valence-electron chi connectivity index (χ3n) is 2.53. The van der Waals surface area contributed by atoms with E-state index < -0.39 is 11.8 Å². The first kappa shape index (κ1) is 11.0. The zero-order valence-electron chi connectivity index (χ0n) is 8.47. The molecule has 0 saturated heterocycles. The fraction of sp³-hybridized carbons (Fsp3) is 0.182. The van der Waals surface area contributed by atoms with Crippen molar-refractivity contribution in [1.82, 2.24) is 4.98 Å². The van der Waals surface area contributed by atoms with Crippen LogP contribution in [0.1, 0.15) is 23.0 Å². The van der Waals surface area contributed by atoms with Crippen LogP contribution >= 0.6 is 11.6 Å². The highest BCUT2D eigenvalue weighted by molar-refractivity contribution is 6.36. The fourth-order valence-electron chi connectivity index (χ4n) is 1.82. The Hall–Kier alpha value is -1.55. The molecule has 0 aliphatic rings. The van der Waals surface area contributed by atoms with Crippen molar-refractivity contribution in [3.05, 3.63) is 34.2 Å². The number of H-pyrrole nitrogens is 1. The molecule has 16 heavy (non-hydrogen) atoms. The van der Waals surface area contributed by atoms with E-state index in [0.717, 1.165) is 0 Å². The number of benzene rings is 1. The quantitative estimate of drug-likeness (QED) is 0.848. The summed E-state index contributed by atoms with van der Waals surface area (Å²) in [4.78, 5) is 13.7. The Bertz CT molecular complexity index is 577. The molecule has 0 bridgehead atoms. The van der Waals surface area contributed by atoms with Crippen molar-refractivity contribution >= 4 is 28.5 Å². The van der Waals surface area contributed by atoms with Crippen LogP contribution in [-0.2, 0) is 6.42 Å². The summed E-state index contributed by atoms with van der Waals surface area (Å²) in [6.07, 6.45) is 0.477. The zero-order chi connectivity index (χ0) is 11.9. The van der Waals surface area contributed by atoms with Crippen LogP contribution in [0.5, 0.6) is 0 Å². The number of carbonyl (C=O) groups is 1. The second-order valence-electron chi connectivity index (χ2n) is 3.42. The van der Waals surface area contributed by atoms with Crippen LogP contribution in [0.3, 0.4) is 0 Å². The Labute approximate surface area is 95.8 Å². The molecule has 0 aliphatic heterocycles. The van der Waals surface area contributed by atoms with Crippen molar-refractivity contribution in [3.8, 4) is 0 Å². The average Bonchev–Trinajstić information content (AvgIpc) is 2.62. The predicted molar refractivity (Wildman–Crippen MR) is 59.6 cm³/mol. The van der Waals surface area contributed by atoms with Crippen LogP contribution in [-0.4, -0.2) is 16.1 Å². The third-order valence-corrected chi connectivity index (χ3v) is 2.89. The minimum atomic E-state index is -1.07. The summed E-state index contributed by atoms with van der Waals surface area (Å²) < 4.78 is 13.3. The average molecular weight is 242 g/mol. The van der Waals surface area contributed by atoms with Crippen molar-refractivity contribution in [2.75, 3.05) is 0 Å². The molecule has 0 aliphatic carbocycles. The summed E-state index contributed by atoms with van der Waals surface area (Å²) in [7, 11) is 0. The van der Waals surface area contributed by atoms with Gasteiger partial charge in [0.2, 0.25) is 0 Å². The molecule has 3 nitrogen and oxygen atoms in total. The lowest BCUT2D eigenvalue weighted by molar-refractivity contribution is 0.0690. The van der Waals surface area contributed by atoms with Gasteiger partial charge < -0.3 is 10.1 Å². The van der Waals surface area contributed by atoms with Crippen LogP contribution in [0.25, 0.3) is 10.9 Å². The summed E-state index contributed by atoms with van der Waals surface area (Å²) in [6, 6.07) is 2.70. The number of fused-ring (bicyclic) bond motifs is 1. The minimum absolute atomic E-state index is 0.0295. The summed E-state index contributed by atoms with van der Waals surface area (Å²) in [6.45, 7) is 1.80. The number of aromatic amines is 1. The lowest BCUT2D eigenvalue weighted by Gasteiger charge is -1.99. The van der Waals surface area contributed by atoms with Crippen LogP contribution in [0.4, 0.5) is 4.39 Å². The molecule has 0 atom stereocenters. The number of hydrogen-bond donors (Lipinski definition) is 2. The molecule has 0 amide bonds. The molecule has 84 valence electrons. The predicted octanol–water partition coefficient (Wildman–Crippen LogP) is 3.22. The molecular formula is C11H9ClFNO2. The van der Waals surface area contributed by atoms with E-state index in [1.807, 2.05) is 0 Å². The Balaban J connectivity index is 2.89. The van der Waals surface area contributed by atoms with E-state index >= 15 is 0 Å². The number of nitrogens with one attached hydrogen (secondary N) is 1. The molecule has 1 heterocycles. The molecule has 1 aromatic heterocycles. The van der Waals surface area contributed by atoms with Crippen molar-refractivity contribution in [1.29, 1.82) is 0 Å². The maximum absolute atomic E-state index is 13.3. The first-order chi connectivity index (χ1) is 7.56. The van der Waals surface area contributed by atoms with E-state index in [0.29, 0.717) is 22.9 Å². The normalized spacial score (nSPS) is 10.9. The molecule has 0 spiro atoms. The van der Waals surface area contributed by atoms with Gasteiger partial charge in [-0.05, 0) is 24.1 Å². The van der Waals surface area contributed by atoms with Gasteiger partial charge in [-0.2, -0.15) is 0 Å². The molecule has 2 N–H and O–H groups in total. The molecule has 0 saturated carbocycles. The first-order valence-electron chi connectivity index (χ1n) is 4.78. The highest BCUT2D eigenvalue weighted by Crippen LogP contribution is 2.31. The molecule has 0 radical (unpaired) electrons. The van der Waals surface area contributed by atoms with Gasteiger partial charge >= 0.3 is 5.97 Å². The van der Waals surface area contributed by atoms with Crippen LogP contribution in [0.15, 0.2) is 12.1 Å². The molecule has 0 fully saturated rings. The van der Waals surface area contributed by atoms with E-state index in [1.54, 1.807) is 6.92 Å². The maximum Gasteiger partial charge on any atom is 0.352 e. The topological polar surface area (TPSA) is 53.1 Å². The lowest BCUT2D eigenvalue weighted by atomic mass is 10.1. The summed E-state index contributed by atoms with van der Waals surface area (Å²) in [5, 5.41) is 9.42. The number of halogens is 2. The van der Waals surface area contributed by atoms with Crippen molar-refractivity contribution in [2.45, 2.75) is 13.3 Å². The van der Waals surface area contributed by atoms with E-state index in [4.69, 9.17) is 16.7 Å². The second-order valence-corrected chi connectivity index (χ2v) is 3.80. The van der Waals surface area contributed by atoms with Gasteiger partial charge in [-0.15, -0.1) is 0 Å². The van der Waals surface area contributed by atoms with Gasteiger partial charge in [-0.3, -0.25) is 0 Å². The number of rotatable bonds is 2. The minimum Gasteiger partial charge on any atom is -0.477 e.